The predicted molar refractivity (Wildman–Crippen MR) is 137 cm³/mol. The van der Waals surface area contributed by atoms with E-state index in [9.17, 15) is 14.4 Å². The van der Waals surface area contributed by atoms with Gasteiger partial charge >= 0.3 is 0 Å². The van der Waals surface area contributed by atoms with E-state index in [0.717, 1.165) is 16.8 Å². The molecule has 0 aliphatic rings. The van der Waals surface area contributed by atoms with E-state index >= 15 is 0 Å². The van der Waals surface area contributed by atoms with Gasteiger partial charge in [-0.05, 0) is 67.4 Å². The van der Waals surface area contributed by atoms with Crippen LogP contribution >= 0.6 is 11.8 Å². The summed E-state index contributed by atoms with van der Waals surface area (Å²) in [4.78, 5) is 41.9. The third-order valence-corrected chi connectivity index (χ3v) is 6.11. The van der Waals surface area contributed by atoms with Crippen molar-refractivity contribution in [1.29, 1.82) is 0 Å². The molecule has 2 N–H and O–H groups in total. The zero-order chi connectivity index (χ0) is 24.2. The Morgan fingerprint density at radius 1 is 0.941 bits per heavy atom. The molecule has 7 nitrogen and oxygen atoms in total. The van der Waals surface area contributed by atoms with Crippen molar-refractivity contribution >= 4 is 45.9 Å². The summed E-state index contributed by atoms with van der Waals surface area (Å²) in [6, 6.07) is 20.0. The van der Waals surface area contributed by atoms with Gasteiger partial charge in [0, 0.05) is 18.3 Å². The zero-order valence-electron chi connectivity index (χ0n) is 19.1. The van der Waals surface area contributed by atoms with Gasteiger partial charge in [-0.3, -0.25) is 19.0 Å². The van der Waals surface area contributed by atoms with Crippen LogP contribution < -0.4 is 16.2 Å². The lowest BCUT2D eigenvalue weighted by Crippen LogP contribution is -2.23. The molecule has 172 valence electrons. The first-order chi connectivity index (χ1) is 16.3. The zero-order valence-corrected chi connectivity index (χ0v) is 19.9. The maximum absolute atomic E-state index is 13.4. The largest absolute Gasteiger partial charge is 0.326 e. The van der Waals surface area contributed by atoms with Crippen LogP contribution in [-0.4, -0.2) is 27.1 Å². The molecule has 34 heavy (non-hydrogen) atoms. The van der Waals surface area contributed by atoms with Crippen molar-refractivity contribution in [3.05, 3.63) is 88.2 Å². The molecule has 1 aromatic heterocycles. The lowest BCUT2D eigenvalue weighted by molar-refractivity contribution is -0.114. The van der Waals surface area contributed by atoms with E-state index in [0.29, 0.717) is 27.4 Å². The van der Waals surface area contributed by atoms with Crippen LogP contribution in [0.1, 0.15) is 18.1 Å². The summed E-state index contributed by atoms with van der Waals surface area (Å²) in [5, 5.41) is 6.50. The predicted octanol–water partition coefficient (Wildman–Crippen LogP) is 4.69. The Kier molecular flexibility index (Phi) is 6.79. The van der Waals surface area contributed by atoms with Crippen molar-refractivity contribution in [2.45, 2.75) is 25.9 Å². The molecule has 0 radical (unpaired) electrons. The Hall–Kier alpha value is -3.91. The third kappa shape index (κ3) is 5.18. The quantitative estimate of drug-likeness (QED) is 0.314. The normalized spacial score (nSPS) is 10.8. The van der Waals surface area contributed by atoms with Crippen molar-refractivity contribution in [2.75, 3.05) is 16.4 Å². The van der Waals surface area contributed by atoms with Crippen LogP contribution in [0.3, 0.4) is 0 Å². The first kappa shape index (κ1) is 23.3. The number of aryl methyl sites for hydroxylation is 2. The number of para-hydroxylation sites is 1. The second-order valence-corrected chi connectivity index (χ2v) is 8.88. The molecule has 3 aromatic carbocycles. The summed E-state index contributed by atoms with van der Waals surface area (Å²) in [5.41, 5.74) is 4.39. The number of carbonyl (C=O) groups excluding carboxylic acids is 2. The smallest absolute Gasteiger partial charge is 0.266 e. The number of benzene rings is 3. The SMILES string of the molecule is CC(=O)Nc1ccc(NC(=O)CSc2nc3ccccc3c(=O)n2-c2cc(C)ccc2C)cc1. The van der Waals surface area contributed by atoms with Crippen LogP contribution in [0.15, 0.2) is 76.7 Å². The van der Waals surface area contributed by atoms with Crippen LogP contribution in [0.5, 0.6) is 0 Å². The van der Waals surface area contributed by atoms with Crippen molar-refractivity contribution < 1.29 is 9.59 Å². The van der Waals surface area contributed by atoms with Crippen LogP contribution in [0.4, 0.5) is 11.4 Å². The maximum atomic E-state index is 13.4. The summed E-state index contributed by atoms with van der Waals surface area (Å²) >= 11 is 1.21. The number of carbonyl (C=O) groups is 2. The summed E-state index contributed by atoms with van der Waals surface area (Å²) in [6.45, 7) is 5.35. The molecule has 0 unspecified atom stereocenters. The van der Waals surface area contributed by atoms with Crippen molar-refractivity contribution in [3.63, 3.8) is 0 Å². The third-order valence-electron chi connectivity index (χ3n) is 5.17. The molecule has 2 amide bonds. The number of nitrogens with one attached hydrogen (secondary N) is 2. The number of fused-ring (bicyclic) bond motifs is 1. The lowest BCUT2D eigenvalue weighted by atomic mass is 10.1. The highest BCUT2D eigenvalue weighted by Gasteiger charge is 2.16. The number of aromatic nitrogens is 2. The second-order valence-electron chi connectivity index (χ2n) is 7.94. The summed E-state index contributed by atoms with van der Waals surface area (Å²) in [6.07, 6.45) is 0. The number of anilines is 2. The average molecular weight is 473 g/mol. The van der Waals surface area contributed by atoms with Crippen LogP contribution in [-0.2, 0) is 9.59 Å². The fraction of sp³-hybridized carbons (Fsp3) is 0.154. The van der Waals surface area contributed by atoms with Gasteiger partial charge in [-0.15, -0.1) is 0 Å². The van der Waals surface area contributed by atoms with Crippen LogP contribution in [0.2, 0.25) is 0 Å². The maximum Gasteiger partial charge on any atom is 0.266 e. The molecule has 4 aromatic rings. The van der Waals surface area contributed by atoms with Gasteiger partial charge in [-0.1, -0.05) is 36.0 Å². The van der Waals surface area contributed by atoms with Gasteiger partial charge in [0.1, 0.15) is 0 Å². The summed E-state index contributed by atoms with van der Waals surface area (Å²) < 4.78 is 1.59. The molecular formula is C26H24N4O3S. The molecule has 8 heteroatoms. The van der Waals surface area contributed by atoms with Crippen molar-refractivity contribution in [3.8, 4) is 5.69 Å². The van der Waals surface area contributed by atoms with E-state index in [1.165, 1.54) is 18.7 Å². The van der Waals surface area contributed by atoms with Crippen LogP contribution in [0.25, 0.3) is 16.6 Å². The van der Waals surface area contributed by atoms with E-state index in [2.05, 4.69) is 10.6 Å². The van der Waals surface area contributed by atoms with Gasteiger partial charge in [0.25, 0.3) is 5.56 Å². The molecule has 0 spiro atoms. The van der Waals surface area contributed by atoms with Crippen molar-refractivity contribution in [1.82, 2.24) is 9.55 Å². The number of rotatable bonds is 6. The molecular weight excluding hydrogens is 448 g/mol. The fourth-order valence-electron chi connectivity index (χ4n) is 3.55. The average Bonchev–Trinajstić information content (AvgIpc) is 2.81. The minimum atomic E-state index is -0.229. The van der Waals surface area contributed by atoms with E-state index in [-0.39, 0.29) is 23.1 Å². The van der Waals surface area contributed by atoms with Crippen LogP contribution in [0, 0.1) is 13.8 Å². The van der Waals surface area contributed by atoms with Gasteiger partial charge in [0.05, 0.1) is 22.3 Å². The van der Waals surface area contributed by atoms with E-state index in [1.807, 2.05) is 44.2 Å². The first-order valence-electron chi connectivity index (χ1n) is 10.7. The van der Waals surface area contributed by atoms with Gasteiger partial charge < -0.3 is 10.6 Å². The molecule has 0 aliphatic carbocycles. The van der Waals surface area contributed by atoms with Gasteiger partial charge in [-0.2, -0.15) is 0 Å². The second kappa shape index (κ2) is 9.93. The molecule has 0 bridgehead atoms. The van der Waals surface area contributed by atoms with Gasteiger partial charge in [-0.25, -0.2) is 4.98 Å². The Balaban J connectivity index is 1.61. The monoisotopic (exact) mass is 472 g/mol. The molecule has 0 saturated carbocycles. The molecule has 4 rings (SSSR count). The lowest BCUT2D eigenvalue weighted by Gasteiger charge is -2.16. The summed E-state index contributed by atoms with van der Waals surface area (Å²) in [5.74, 6) is -0.318. The van der Waals surface area contributed by atoms with Gasteiger partial charge in [0.15, 0.2) is 5.16 Å². The van der Waals surface area contributed by atoms with E-state index in [1.54, 1.807) is 41.0 Å². The highest BCUT2D eigenvalue weighted by Crippen LogP contribution is 2.24. The number of nitrogens with zero attached hydrogens (tertiary/aromatic N) is 2. The number of amides is 2. The van der Waals surface area contributed by atoms with E-state index in [4.69, 9.17) is 4.98 Å². The Morgan fingerprint density at radius 3 is 2.32 bits per heavy atom. The standard InChI is InChI=1S/C26H24N4O3S/c1-16-8-9-17(2)23(14-16)30-25(33)21-6-4-5-7-22(21)29-26(30)34-15-24(32)28-20-12-10-19(11-13-20)27-18(3)31/h4-14H,15H2,1-3H3,(H,27,31)(H,28,32). The highest BCUT2D eigenvalue weighted by molar-refractivity contribution is 7.99. The minimum absolute atomic E-state index is 0.0725. The van der Waals surface area contributed by atoms with E-state index < -0.39 is 0 Å². The molecule has 0 fully saturated rings. The Bertz CT molecular complexity index is 1450. The number of thioether (sulfide) groups is 1. The molecule has 1 heterocycles. The Morgan fingerprint density at radius 2 is 1.62 bits per heavy atom. The minimum Gasteiger partial charge on any atom is -0.326 e. The molecule has 0 saturated heterocycles. The topological polar surface area (TPSA) is 93.1 Å². The Labute approximate surface area is 201 Å². The number of hydrogen-bond donors (Lipinski definition) is 2. The highest BCUT2D eigenvalue weighted by atomic mass is 32.2. The molecule has 0 atom stereocenters. The van der Waals surface area contributed by atoms with Gasteiger partial charge in [0.2, 0.25) is 11.8 Å². The number of hydrogen-bond acceptors (Lipinski definition) is 5. The fourth-order valence-corrected chi connectivity index (χ4v) is 4.35. The summed E-state index contributed by atoms with van der Waals surface area (Å²) in [7, 11) is 0. The van der Waals surface area contributed by atoms with Crippen molar-refractivity contribution in [2.24, 2.45) is 0 Å². The molecule has 0 aliphatic heterocycles. The first-order valence-corrected chi connectivity index (χ1v) is 11.7.